The molecule has 9 heteroatoms. The summed E-state index contributed by atoms with van der Waals surface area (Å²) < 4.78 is 1.51. The highest BCUT2D eigenvalue weighted by Gasteiger charge is 2.07. The van der Waals surface area contributed by atoms with E-state index in [-0.39, 0.29) is 11.5 Å². The highest BCUT2D eigenvalue weighted by atomic mass is 32.2. The summed E-state index contributed by atoms with van der Waals surface area (Å²) in [7, 11) is 0. The number of rotatable bonds is 5. The number of thiazole rings is 2. The number of carbonyl (C=O) groups is 1. The van der Waals surface area contributed by atoms with Crippen LogP contribution in [0.4, 0.5) is 5.13 Å². The van der Waals surface area contributed by atoms with Crippen LogP contribution in [0.15, 0.2) is 34.0 Å². The fraction of sp³-hybridized carbons (Fsp3) is 0.167. The van der Waals surface area contributed by atoms with Gasteiger partial charge in [-0.05, 0) is 0 Å². The van der Waals surface area contributed by atoms with E-state index in [1.54, 1.807) is 17.8 Å². The predicted octanol–water partition coefficient (Wildman–Crippen LogP) is 2.08. The van der Waals surface area contributed by atoms with Gasteiger partial charge in [-0.3, -0.25) is 14.0 Å². The highest BCUT2D eigenvalue weighted by molar-refractivity contribution is 7.99. The number of carbonyl (C=O) groups excluding carboxylic acids is 1. The van der Waals surface area contributed by atoms with Gasteiger partial charge in [0.15, 0.2) is 10.1 Å². The average molecular weight is 338 g/mol. The summed E-state index contributed by atoms with van der Waals surface area (Å²) in [6.07, 6.45) is 3.34. The molecule has 3 rings (SSSR count). The lowest BCUT2D eigenvalue weighted by Gasteiger charge is -2.02. The van der Waals surface area contributed by atoms with E-state index in [0.717, 1.165) is 0 Å². The van der Waals surface area contributed by atoms with Crippen molar-refractivity contribution in [3.63, 3.8) is 0 Å². The minimum atomic E-state index is -0.108. The number of anilines is 1. The van der Waals surface area contributed by atoms with Crippen LogP contribution in [0.5, 0.6) is 0 Å². The van der Waals surface area contributed by atoms with Gasteiger partial charge in [0.05, 0.1) is 11.4 Å². The predicted molar refractivity (Wildman–Crippen MR) is 86.2 cm³/mol. The third-order valence-electron chi connectivity index (χ3n) is 2.52. The first-order valence-corrected chi connectivity index (χ1v) is 8.86. The van der Waals surface area contributed by atoms with Gasteiger partial charge in [0.25, 0.3) is 5.56 Å². The normalized spacial score (nSPS) is 10.9. The molecule has 3 aromatic heterocycles. The van der Waals surface area contributed by atoms with Gasteiger partial charge in [-0.15, -0.1) is 34.4 Å². The molecule has 0 bridgehead atoms. The number of hydrogen-bond donors (Lipinski definition) is 1. The van der Waals surface area contributed by atoms with E-state index < -0.39 is 0 Å². The van der Waals surface area contributed by atoms with Crippen LogP contribution in [0.3, 0.4) is 0 Å². The highest BCUT2D eigenvalue weighted by Crippen LogP contribution is 2.14. The van der Waals surface area contributed by atoms with Crippen LogP contribution in [0.1, 0.15) is 5.69 Å². The zero-order valence-electron chi connectivity index (χ0n) is 10.7. The Hall–Kier alpha value is -1.71. The molecular weight excluding hydrogens is 328 g/mol. The molecule has 0 radical (unpaired) electrons. The van der Waals surface area contributed by atoms with Crippen molar-refractivity contribution < 1.29 is 4.79 Å². The standard InChI is InChI=1S/C12H10N4O2S3/c17-9(15-11-13-1-3-20-11)7-19-6-8-5-10(18)16-2-4-21-12(16)14-8/h1-5H,6-7H2,(H,13,15,17). The third-order valence-corrected chi connectivity index (χ3v) is 4.93. The molecule has 108 valence electrons. The van der Waals surface area contributed by atoms with Crippen molar-refractivity contribution >= 4 is 50.4 Å². The second kappa shape index (κ2) is 6.37. The van der Waals surface area contributed by atoms with Crippen LogP contribution in [-0.4, -0.2) is 26.0 Å². The largest absolute Gasteiger partial charge is 0.301 e. The molecule has 0 aliphatic heterocycles. The monoisotopic (exact) mass is 338 g/mol. The lowest BCUT2D eigenvalue weighted by Crippen LogP contribution is -2.15. The number of fused-ring (bicyclic) bond motifs is 1. The second-order valence-electron chi connectivity index (χ2n) is 4.02. The molecule has 3 aromatic rings. The molecule has 0 atom stereocenters. The molecule has 1 N–H and O–H groups in total. The SMILES string of the molecule is O=C(CSCc1cc(=O)n2ccsc2n1)Nc1nccs1. The Labute approximate surface area is 131 Å². The lowest BCUT2D eigenvalue weighted by molar-refractivity contribution is -0.113. The number of nitrogens with zero attached hydrogens (tertiary/aromatic N) is 3. The number of hydrogen-bond acceptors (Lipinski definition) is 7. The van der Waals surface area contributed by atoms with Gasteiger partial charge < -0.3 is 5.32 Å². The van der Waals surface area contributed by atoms with Crippen molar-refractivity contribution in [3.05, 3.63) is 45.3 Å². The molecule has 0 spiro atoms. The first-order valence-electron chi connectivity index (χ1n) is 5.95. The Morgan fingerprint density at radius 2 is 2.29 bits per heavy atom. The maximum Gasteiger partial charge on any atom is 0.258 e. The van der Waals surface area contributed by atoms with Gasteiger partial charge in [0.2, 0.25) is 5.91 Å². The maximum absolute atomic E-state index is 11.8. The van der Waals surface area contributed by atoms with Crippen molar-refractivity contribution in [2.24, 2.45) is 0 Å². The van der Waals surface area contributed by atoms with Crippen molar-refractivity contribution in [3.8, 4) is 0 Å². The van der Waals surface area contributed by atoms with Gasteiger partial charge in [0.1, 0.15) is 0 Å². The molecule has 3 heterocycles. The van der Waals surface area contributed by atoms with Gasteiger partial charge in [0, 0.05) is 35.0 Å². The van der Waals surface area contributed by atoms with Crippen LogP contribution in [0.25, 0.3) is 4.96 Å². The van der Waals surface area contributed by atoms with Crippen LogP contribution < -0.4 is 10.9 Å². The Kier molecular flexibility index (Phi) is 4.32. The smallest absolute Gasteiger partial charge is 0.258 e. The third kappa shape index (κ3) is 3.49. The first kappa shape index (κ1) is 14.2. The fourth-order valence-corrected chi connectivity index (χ4v) is 3.65. The number of aromatic nitrogens is 3. The first-order chi connectivity index (χ1) is 10.2. The van der Waals surface area contributed by atoms with Crippen molar-refractivity contribution in [1.82, 2.24) is 14.4 Å². The molecule has 21 heavy (non-hydrogen) atoms. The topological polar surface area (TPSA) is 76.4 Å². The minimum absolute atomic E-state index is 0.0934. The van der Waals surface area contributed by atoms with E-state index in [1.165, 1.54) is 44.9 Å². The molecule has 0 fully saturated rings. The molecule has 0 aliphatic carbocycles. The Bertz CT molecular complexity index is 809. The minimum Gasteiger partial charge on any atom is -0.301 e. The molecular formula is C12H10N4O2S3. The molecule has 0 unspecified atom stereocenters. The van der Waals surface area contributed by atoms with Gasteiger partial charge in [-0.25, -0.2) is 9.97 Å². The molecule has 0 saturated carbocycles. The van der Waals surface area contributed by atoms with E-state index in [0.29, 0.717) is 27.3 Å². The van der Waals surface area contributed by atoms with Crippen LogP contribution in [0.2, 0.25) is 0 Å². The fourth-order valence-electron chi connectivity index (χ4n) is 1.65. The van der Waals surface area contributed by atoms with E-state index in [2.05, 4.69) is 15.3 Å². The van der Waals surface area contributed by atoms with Gasteiger partial charge in [-0.2, -0.15) is 0 Å². The van der Waals surface area contributed by atoms with Crippen molar-refractivity contribution in [1.29, 1.82) is 0 Å². The molecule has 1 amide bonds. The Balaban J connectivity index is 1.56. The quantitative estimate of drug-likeness (QED) is 0.771. The average Bonchev–Trinajstić information content (AvgIpc) is 3.09. The van der Waals surface area contributed by atoms with E-state index >= 15 is 0 Å². The summed E-state index contributed by atoms with van der Waals surface area (Å²) >= 11 is 4.21. The van der Waals surface area contributed by atoms with Crippen LogP contribution in [-0.2, 0) is 10.5 Å². The van der Waals surface area contributed by atoms with Gasteiger partial charge >= 0.3 is 0 Å². The maximum atomic E-state index is 11.8. The summed E-state index contributed by atoms with van der Waals surface area (Å²) in [4.78, 5) is 32.5. The van der Waals surface area contributed by atoms with Gasteiger partial charge in [-0.1, -0.05) is 0 Å². The zero-order valence-corrected chi connectivity index (χ0v) is 13.1. The summed E-state index contributed by atoms with van der Waals surface area (Å²) in [5.41, 5.74) is 0.596. The van der Waals surface area contributed by atoms with Crippen molar-refractivity contribution in [2.75, 3.05) is 11.1 Å². The molecule has 0 saturated heterocycles. The summed E-state index contributed by atoms with van der Waals surface area (Å²) in [5, 5.41) is 6.93. The Morgan fingerprint density at radius 1 is 1.38 bits per heavy atom. The lowest BCUT2D eigenvalue weighted by atomic mass is 10.4. The second-order valence-corrected chi connectivity index (χ2v) is 6.77. The number of nitrogens with one attached hydrogen (secondary N) is 1. The molecule has 0 aliphatic rings. The molecule has 0 aromatic carbocycles. The number of thioether (sulfide) groups is 1. The van der Waals surface area contributed by atoms with E-state index in [9.17, 15) is 9.59 Å². The zero-order chi connectivity index (χ0) is 14.7. The van der Waals surface area contributed by atoms with E-state index in [1.807, 2.05) is 5.38 Å². The van der Waals surface area contributed by atoms with Crippen LogP contribution in [0, 0.1) is 0 Å². The number of amides is 1. The molecule has 6 nitrogen and oxygen atoms in total. The van der Waals surface area contributed by atoms with E-state index in [4.69, 9.17) is 0 Å². The summed E-state index contributed by atoms with van der Waals surface area (Å²) in [6, 6.07) is 1.51. The Morgan fingerprint density at radius 3 is 3.10 bits per heavy atom. The van der Waals surface area contributed by atoms with Crippen molar-refractivity contribution in [2.45, 2.75) is 5.75 Å². The summed E-state index contributed by atoms with van der Waals surface area (Å²) in [6.45, 7) is 0. The van der Waals surface area contributed by atoms with Crippen LogP contribution >= 0.6 is 34.4 Å². The summed E-state index contributed by atoms with van der Waals surface area (Å²) in [5.74, 6) is 0.712.